The highest BCUT2D eigenvalue weighted by Gasteiger charge is 2.32. The lowest BCUT2D eigenvalue weighted by molar-refractivity contribution is -0.386. The molecule has 16 heteroatoms. The van der Waals surface area contributed by atoms with Gasteiger partial charge in [-0.15, -0.1) is 0 Å². The lowest BCUT2D eigenvalue weighted by Gasteiger charge is -2.28. The molecule has 15 nitrogen and oxygen atoms in total. The van der Waals surface area contributed by atoms with Crippen LogP contribution in [0, 0.1) is 21.4 Å². The minimum atomic E-state index is -0.822. The molecule has 4 rings (SSSR count). The molecule has 1 aliphatic rings. The minimum Gasteiger partial charge on any atom is -0.493 e. The Hall–Kier alpha value is -5.95. The molecule has 1 heterocycles. The number of esters is 1. The number of nitrogens with one attached hydrogen (secondary N) is 3. The van der Waals surface area contributed by atoms with E-state index in [1.165, 1.54) is 31.5 Å². The fraction of sp³-hybridized carbons (Fsp3) is 0.219. The van der Waals surface area contributed by atoms with Gasteiger partial charge in [-0.05, 0) is 71.2 Å². The zero-order chi connectivity index (χ0) is 34.8. The molecule has 0 aromatic heterocycles. The molecule has 48 heavy (non-hydrogen) atoms. The number of hydrogen-bond acceptors (Lipinski definition) is 11. The summed E-state index contributed by atoms with van der Waals surface area (Å²) in [6, 6.07) is 14.8. The average molecular weight is 722 g/mol. The lowest BCUT2D eigenvalue weighted by Crippen LogP contribution is -2.45. The Bertz CT molecular complexity index is 1840. The highest BCUT2D eigenvalue weighted by atomic mass is 79.9. The van der Waals surface area contributed by atoms with E-state index in [9.17, 15) is 24.5 Å². The van der Waals surface area contributed by atoms with Gasteiger partial charge in [0.2, 0.25) is 5.75 Å². The zero-order valence-electron chi connectivity index (χ0n) is 25.9. The van der Waals surface area contributed by atoms with Gasteiger partial charge in [-0.2, -0.15) is 10.4 Å². The minimum absolute atomic E-state index is 0.00437. The average Bonchev–Trinajstić information content (AvgIpc) is 3.06. The SMILES string of the molecule is CCOC(=O)C1=C(C)NC(=O)N[C@H]1c1ccc(OCC(=O)N/N=C/c2cc(Br)c(OCc3ccc(C#N)cc3)c([N+](=O)[O-])c2)c(OC)c1. The first-order valence-electron chi connectivity index (χ1n) is 14.2. The van der Waals surface area contributed by atoms with E-state index in [-0.39, 0.29) is 41.7 Å². The number of nitro groups is 1. The molecule has 1 atom stereocenters. The first-order valence-corrected chi connectivity index (χ1v) is 15.0. The molecule has 0 bridgehead atoms. The number of carbonyl (C=O) groups excluding carboxylic acids is 3. The van der Waals surface area contributed by atoms with Crippen molar-refractivity contribution in [1.29, 1.82) is 5.26 Å². The fourth-order valence-corrected chi connectivity index (χ4v) is 5.13. The van der Waals surface area contributed by atoms with Gasteiger partial charge in [0.1, 0.15) is 6.61 Å². The van der Waals surface area contributed by atoms with Crippen LogP contribution in [0.4, 0.5) is 10.5 Å². The van der Waals surface area contributed by atoms with Crippen molar-refractivity contribution in [3.05, 3.63) is 103 Å². The topological polar surface area (TPSA) is 204 Å². The van der Waals surface area contributed by atoms with Crippen molar-refractivity contribution in [1.82, 2.24) is 16.1 Å². The number of methoxy groups -OCH3 is 1. The molecule has 0 radical (unpaired) electrons. The normalized spacial score (nSPS) is 14.0. The smallest absolute Gasteiger partial charge is 0.338 e. The van der Waals surface area contributed by atoms with Crippen LogP contribution in [0.15, 0.2) is 75.4 Å². The van der Waals surface area contributed by atoms with Gasteiger partial charge in [0, 0.05) is 17.3 Å². The summed E-state index contributed by atoms with van der Waals surface area (Å²) in [7, 11) is 1.39. The molecule has 0 unspecified atom stereocenters. The van der Waals surface area contributed by atoms with Gasteiger partial charge in [0.05, 0.1) is 52.6 Å². The van der Waals surface area contributed by atoms with Crippen LogP contribution in [0.2, 0.25) is 0 Å². The largest absolute Gasteiger partial charge is 0.493 e. The van der Waals surface area contributed by atoms with Crippen molar-refractivity contribution in [3.8, 4) is 23.3 Å². The van der Waals surface area contributed by atoms with Gasteiger partial charge in [-0.1, -0.05) is 18.2 Å². The zero-order valence-corrected chi connectivity index (χ0v) is 27.5. The predicted molar refractivity (Wildman–Crippen MR) is 174 cm³/mol. The Balaban J connectivity index is 1.39. The molecule has 0 fully saturated rings. The summed E-state index contributed by atoms with van der Waals surface area (Å²) in [4.78, 5) is 48.4. The maximum absolute atomic E-state index is 12.6. The highest BCUT2D eigenvalue weighted by Crippen LogP contribution is 2.37. The van der Waals surface area contributed by atoms with E-state index in [2.05, 4.69) is 37.1 Å². The number of benzene rings is 3. The van der Waals surface area contributed by atoms with Crippen LogP contribution < -0.4 is 30.3 Å². The first kappa shape index (κ1) is 34.9. The predicted octanol–water partition coefficient (Wildman–Crippen LogP) is 4.54. The van der Waals surface area contributed by atoms with Crippen LogP contribution in [0.1, 0.15) is 42.1 Å². The van der Waals surface area contributed by atoms with Crippen LogP contribution in [0.3, 0.4) is 0 Å². The van der Waals surface area contributed by atoms with Gasteiger partial charge in [0.15, 0.2) is 18.1 Å². The van der Waals surface area contributed by atoms with E-state index in [0.29, 0.717) is 32.4 Å². The van der Waals surface area contributed by atoms with E-state index in [4.69, 9.17) is 24.2 Å². The van der Waals surface area contributed by atoms with Gasteiger partial charge in [-0.25, -0.2) is 15.0 Å². The number of urea groups is 1. The van der Waals surface area contributed by atoms with Crippen LogP contribution >= 0.6 is 15.9 Å². The summed E-state index contributed by atoms with van der Waals surface area (Å²) in [5.41, 5.74) is 4.55. The highest BCUT2D eigenvalue weighted by molar-refractivity contribution is 9.10. The summed E-state index contributed by atoms with van der Waals surface area (Å²) in [5.74, 6) is -0.784. The molecule has 3 aromatic rings. The Labute approximate surface area is 282 Å². The van der Waals surface area contributed by atoms with Gasteiger partial charge in [0.25, 0.3) is 5.91 Å². The molecule has 3 amide bonds. The van der Waals surface area contributed by atoms with Gasteiger partial charge < -0.3 is 29.6 Å². The molecule has 0 aliphatic carbocycles. The van der Waals surface area contributed by atoms with E-state index >= 15 is 0 Å². The number of hydrogen-bond donors (Lipinski definition) is 3. The maximum Gasteiger partial charge on any atom is 0.338 e. The number of allylic oxidation sites excluding steroid dienone is 1. The number of nitrogens with zero attached hydrogens (tertiary/aromatic N) is 3. The fourth-order valence-electron chi connectivity index (χ4n) is 4.54. The van der Waals surface area contributed by atoms with Crippen molar-refractivity contribution in [2.24, 2.45) is 5.10 Å². The third-order valence-electron chi connectivity index (χ3n) is 6.76. The number of carbonyl (C=O) groups is 3. The van der Waals surface area contributed by atoms with Crippen molar-refractivity contribution in [2.75, 3.05) is 20.3 Å². The number of rotatable bonds is 13. The quantitative estimate of drug-likeness (QED) is 0.0973. The number of halogens is 1. The summed E-state index contributed by atoms with van der Waals surface area (Å²) >= 11 is 3.30. The van der Waals surface area contributed by atoms with Gasteiger partial charge in [-0.3, -0.25) is 14.9 Å². The summed E-state index contributed by atoms with van der Waals surface area (Å²) in [6.07, 6.45) is 1.22. The molecule has 3 aromatic carbocycles. The number of nitriles is 1. The molecule has 0 saturated carbocycles. The maximum atomic E-state index is 12.6. The van der Waals surface area contributed by atoms with E-state index < -0.39 is 35.5 Å². The lowest BCUT2D eigenvalue weighted by atomic mass is 9.95. The standard InChI is InChI=1S/C32H29BrN6O9/c1-4-46-31(41)28-18(2)36-32(42)37-29(28)22-9-10-25(26(13-22)45-3)47-17-27(40)38-35-15-21-11-23(33)30(24(12-21)39(43)44)48-16-20-7-5-19(14-34)6-8-20/h5-13,15,29H,4,16-17H2,1-3H3,(H,38,40)(H2,36,37,42)/b35-15+/t29-/m0/s1. The van der Waals surface area contributed by atoms with Crippen LogP contribution in [0.5, 0.6) is 17.2 Å². The van der Waals surface area contributed by atoms with Crippen molar-refractivity contribution in [3.63, 3.8) is 0 Å². The monoisotopic (exact) mass is 720 g/mol. The molecular weight excluding hydrogens is 692 g/mol. The molecule has 248 valence electrons. The Kier molecular flexibility index (Phi) is 11.7. The second-order valence-corrected chi connectivity index (χ2v) is 10.8. The van der Waals surface area contributed by atoms with Crippen LogP contribution in [-0.4, -0.2) is 49.4 Å². The summed E-state index contributed by atoms with van der Waals surface area (Å²) in [5, 5.41) is 29.8. The Morgan fingerprint density at radius 1 is 1.15 bits per heavy atom. The van der Waals surface area contributed by atoms with E-state index in [0.717, 1.165) is 0 Å². The summed E-state index contributed by atoms with van der Waals surface area (Å²) < 4.78 is 22.2. The first-order chi connectivity index (χ1) is 23.0. The van der Waals surface area contributed by atoms with Crippen LogP contribution in [-0.2, 0) is 20.9 Å². The molecule has 1 aliphatic heterocycles. The third-order valence-corrected chi connectivity index (χ3v) is 7.35. The molecule has 0 saturated heterocycles. The van der Waals surface area contributed by atoms with Crippen molar-refractivity contribution >= 4 is 45.7 Å². The number of nitro benzene ring substituents is 1. The number of hydrazone groups is 1. The Morgan fingerprint density at radius 2 is 1.90 bits per heavy atom. The third kappa shape index (κ3) is 8.65. The summed E-state index contributed by atoms with van der Waals surface area (Å²) in [6.45, 7) is 2.99. The van der Waals surface area contributed by atoms with Crippen LogP contribution in [0.25, 0.3) is 0 Å². The second-order valence-electron chi connectivity index (χ2n) is 9.99. The molecule has 3 N–H and O–H groups in total. The second kappa shape index (κ2) is 16.1. The van der Waals surface area contributed by atoms with Gasteiger partial charge >= 0.3 is 17.7 Å². The van der Waals surface area contributed by atoms with E-state index in [1.54, 1.807) is 50.2 Å². The number of ether oxygens (including phenoxy) is 4. The molecule has 0 spiro atoms. The van der Waals surface area contributed by atoms with Crippen molar-refractivity contribution in [2.45, 2.75) is 26.5 Å². The van der Waals surface area contributed by atoms with E-state index in [1.807, 2.05) is 6.07 Å². The number of amides is 3. The van der Waals surface area contributed by atoms with Crippen molar-refractivity contribution < 1.29 is 38.3 Å². The molecular formula is C32H29BrN6O9. The Morgan fingerprint density at radius 3 is 2.56 bits per heavy atom.